The van der Waals surface area contributed by atoms with Gasteiger partial charge in [0.25, 0.3) is 0 Å². The number of amides is 1. The lowest BCUT2D eigenvalue weighted by molar-refractivity contribution is -0.132. The van der Waals surface area contributed by atoms with Crippen LogP contribution < -0.4 is 10.6 Å². The molecule has 1 aliphatic heterocycles. The minimum atomic E-state index is -0.373. The molecule has 100 valence electrons. The lowest BCUT2D eigenvalue weighted by Gasteiger charge is -2.23. The molecule has 1 rings (SSSR count). The Morgan fingerprint density at radius 3 is 2.82 bits per heavy atom. The molecule has 2 N–H and O–H groups in total. The summed E-state index contributed by atoms with van der Waals surface area (Å²) in [5, 5.41) is 6.08. The van der Waals surface area contributed by atoms with Gasteiger partial charge in [-0.05, 0) is 38.8 Å². The molecule has 5 heteroatoms. The Balaban J connectivity index is 2.10. The van der Waals surface area contributed by atoms with E-state index in [1.54, 1.807) is 14.0 Å². The largest absolute Gasteiger partial charge is 0.383 e. The van der Waals surface area contributed by atoms with Crippen molar-refractivity contribution in [2.75, 3.05) is 40.0 Å². The second-order valence-electron chi connectivity index (χ2n) is 4.45. The summed E-state index contributed by atoms with van der Waals surface area (Å²) in [6.07, 6.45) is 1.90. The summed E-state index contributed by atoms with van der Waals surface area (Å²) in [5.41, 5.74) is 0. The molecule has 1 fully saturated rings. The Hall–Kier alpha value is -0.650. The second-order valence-corrected chi connectivity index (χ2v) is 4.45. The van der Waals surface area contributed by atoms with E-state index >= 15 is 0 Å². The molecule has 0 aromatic heterocycles. The molecule has 1 saturated heterocycles. The molecule has 1 unspecified atom stereocenters. The standard InChI is InChI=1S/C12H24N2O3/c1-10(12(15)14-7-8-16-2)17-9-11-3-5-13-6-4-11/h10-11,13H,3-9H2,1-2H3,(H,14,15). The van der Waals surface area contributed by atoms with Gasteiger partial charge in [-0.15, -0.1) is 0 Å². The number of methoxy groups -OCH3 is 1. The van der Waals surface area contributed by atoms with Crippen LogP contribution in [-0.2, 0) is 14.3 Å². The van der Waals surface area contributed by atoms with E-state index in [0.717, 1.165) is 25.9 Å². The van der Waals surface area contributed by atoms with Crippen LogP contribution >= 0.6 is 0 Å². The third-order valence-corrected chi connectivity index (χ3v) is 3.02. The van der Waals surface area contributed by atoms with Gasteiger partial charge < -0.3 is 20.1 Å². The van der Waals surface area contributed by atoms with Crippen molar-refractivity contribution >= 4 is 5.91 Å². The predicted molar refractivity (Wildman–Crippen MR) is 65.9 cm³/mol. The highest BCUT2D eigenvalue weighted by atomic mass is 16.5. The van der Waals surface area contributed by atoms with Crippen molar-refractivity contribution in [2.24, 2.45) is 5.92 Å². The van der Waals surface area contributed by atoms with Crippen LogP contribution in [0.3, 0.4) is 0 Å². The van der Waals surface area contributed by atoms with Gasteiger partial charge in [0.05, 0.1) is 13.2 Å². The van der Waals surface area contributed by atoms with Gasteiger partial charge in [0.1, 0.15) is 6.10 Å². The van der Waals surface area contributed by atoms with Gasteiger partial charge in [0.15, 0.2) is 0 Å². The molecular formula is C12H24N2O3. The number of hydrogen-bond acceptors (Lipinski definition) is 4. The number of carbonyl (C=O) groups excluding carboxylic acids is 1. The van der Waals surface area contributed by atoms with Crippen molar-refractivity contribution in [3.05, 3.63) is 0 Å². The topological polar surface area (TPSA) is 59.6 Å². The number of rotatable bonds is 7. The maximum Gasteiger partial charge on any atom is 0.248 e. The Kier molecular flexibility index (Phi) is 7.16. The van der Waals surface area contributed by atoms with Gasteiger partial charge in [-0.1, -0.05) is 0 Å². The minimum Gasteiger partial charge on any atom is -0.383 e. The van der Waals surface area contributed by atoms with Crippen LogP contribution in [0.5, 0.6) is 0 Å². The van der Waals surface area contributed by atoms with Crippen LogP contribution in [0, 0.1) is 5.92 Å². The zero-order chi connectivity index (χ0) is 12.5. The van der Waals surface area contributed by atoms with Crippen LogP contribution in [0.1, 0.15) is 19.8 Å². The monoisotopic (exact) mass is 244 g/mol. The van der Waals surface area contributed by atoms with Crippen molar-refractivity contribution in [1.82, 2.24) is 10.6 Å². The summed E-state index contributed by atoms with van der Waals surface area (Å²) >= 11 is 0. The number of nitrogens with one attached hydrogen (secondary N) is 2. The summed E-state index contributed by atoms with van der Waals surface area (Å²) < 4.78 is 10.5. The summed E-state index contributed by atoms with van der Waals surface area (Å²) in [6, 6.07) is 0. The Bertz CT molecular complexity index is 218. The number of piperidine rings is 1. The summed E-state index contributed by atoms with van der Waals surface area (Å²) in [4.78, 5) is 11.6. The molecular weight excluding hydrogens is 220 g/mol. The highest BCUT2D eigenvalue weighted by Gasteiger charge is 2.17. The third kappa shape index (κ3) is 6.00. The first-order chi connectivity index (χ1) is 8.24. The molecule has 0 bridgehead atoms. The molecule has 1 amide bonds. The highest BCUT2D eigenvalue weighted by molar-refractivity contribution is 5.80. The second kappa shape index (κ2) is 8.44. The quantitative estimate of drug-likeness (QED) is 0.626. The Morgan fingerprint density at radius 2 is 2.18 bits per heavy atom. The first kappa shape index (κ1) is 14.4. The molecule has 0 saturated carbocycles. The maximum absolute atomic E-state index is 11.6. The molecule has 0 spiro atoms. The zero-order valence-corrected chi connectivity index (χ0v) is 10.8. The summed E-state index contributed by atoms with van der Waals surface area (Å²) in [7, 11) is 1.61. The minimum absolute atomic E-state index is 0.0593. The van der Waals surface area contributed by atoms with Crippen LogP contribution in [-0.4, -0.2) is 52.0 Å². The van der Waals surface area contributed by atoms with Crippen molar-refractivity contribution in [1.29, 1.82) is 0 Å². The van der Waals surface area contributed by atoms with Crippen molar-refractivity contribution in [3.8, 4) is 0 Å². The van der Waals surface area contributed by atoms with Gasteiger partial charge in [-0.3, -0.25) is 4.79 Å². The first-order valence-electron chi connectivity index (χ1n) is 6.33. The van der Waals surface area contributed by atoms with Gasteiger partial charge in [-0.2, -0.15) is 0 Å². The SMILES string of the molecule is COCCNC(=O)C(C)OCC1CCNCC1. The molecule has 1 aliphatic rings. The van der Waals surface area contributed by atoms with E-state index in [9.17, 15) is 4.79 Å². The van der Waals surface area contributed by atoms with E-state index in [-0.39, 0.29) is 12.0 Å². The van der Waals surface area contributed by atoms with Crippen molar-refractivity contribution < 1.29 is 14.3 Å². The lowest BCUT2D eigenvalue weighted by Crippen LogP contribution is -2.38. The van der Waals surface area contributed by atoms with Gasteiger partial charge in [-0.25, -0.2) is 0 Å². The van der Waals surface area contributed by atoms with Crippen LogP contribution in [0.25, 0.3) is 0 Å². The van der Waals surface area contributed by atoms with Gasteiger partial charge >= 0.3 is 0 Å². The molecule has 1 atom stereocenters. The normalized spacial score (nSPS) is 18.9. The average molecular weight is 244 g/mol. The fourth-order valence-corrected chi connectivity index (χ4v) is 1.82. The van der Waals surface area contributed by atoms with E-state index in [1.807, 2.05) is 0 Å². The van der Waals surface area contributed by atoms with Crippen LogP contribution in [0.4, 0.5) is 0 Å². The van der Waals surface area contributed by atoms with Crippen molar-refractivity contribution in [3.63, 3.8) is 0 Å². The zero-order valence-electron chi connectivity index (χ0n) is 10.8. The van der Waals surface area contributed by atoms with Gasteiger partial charge in [0.2, 0.25) is 5.91 Å². The number of carbonyl (C=O) groups is 1. The average Bonchev–Trinajstić information content (AvgIpc) is 2.37. The smallest absolute Gasteiger partial charge is 0.248 e. The summed E-state index contributed by atoms with van der Waals surface area (Å²) in [5.74, 6) is 0.529. The maximum atomic E-state index is 11.6. The fourth-order valence-electron chi connectivity index (χ4n) is 1.82. The molecule has 0 aliphatic carbocycles. The Morgan fingerprint density at radius 1 is 1.47 bits per heavy atom. The molecule has 0 radical (unpaired) electrons. The van der Waals surface area contributed by atoms with E-state index in [2.05, 4.69) is 10.6 Å². The van der Waals surface area contributed by atoms with E-state index in [0.29, 0.717) is 25.7 Å². The van der Waals surface area contributed by atoms with Crippen LogP contribution in [0.2, 0.25) is 0 Å². The van der Waals surface area contributed by atoms with E-state index < -0.39 is 0 Å². The molecule has 1 heterocycles. The van der Waals surface area contributed by atoms with E-state index in [1.165, 1.54) is 0 Å². The number of hydrogen-bond donors (Lipinski definition) is 2. The van der Waals surface area contributed by atoms with E-state index in [4.69, 9.17) is 9.47 Å². The summed E-state index contributed by atoms with van der Waals surface area (Å²) in [6.45, 7) is 5.66. The fraction of sp³-hybridized carbons (Fsp3) is 0.917. The van der Waals surface area contributed by atoms with Crippen molar-refractivity contribution in [2.45, 2.75) is 25.9 Å². The molecule has 5 nitrogen and oxygen atoms in total. The number of ether oxygens (including phenoxy) is 2. The third-order valence-electron chi connectivity index (χ3n) is 3.02. The van der Waals surface area contributed by atoms with Crippen LogP contribution in [0.15, 0.2) is 0 Å². The first-order valence-corrected chi connectivity index (χ1v) is 6.33. The molecule has 0 aromatic rings. The van der Waals surface area contributed by atoms with Gasteiger partial charge in [0, 0.05) is 13.7 Å². The molecule has 0 aromatic carbocycles. The Labute approximate surface area is 103 Å². The molecule has 17 heavy (non-hydrogen) atoms. The highest BCUT2D eigenvalue weighted by Crippen LogP contribution is 2.12. The lowest BCUT2D eigenvalue weighted by atomic mass is 9.99. The predicted octanol–water partition coefficient (Wildman–Crippen LogP) is 0.154.